The van der Waals surface area contributed by atoms with Gasteiger partial charge in [-0.25, -0.2) is 0 Å². The van der Waals surface area contributed by atoms with Gasteiger partial charge in [0.05, 0.1) is 26.4 Å². The highest BCUT2D eigenvalue weighted by atomic mass is 16.5. The number of amides is 1. The first-order valence-corrected chi connectivity index (χ1v) is 8.94. The summed E-state index contributed by atoms with van der Waals surface area (Å²) in [5, 5.41) is 2.94. The van der Waals surface area contributed by atoms with E-state index in [1.807, 2.05) is 42.5 Å². The molecule has 1 unspecified atom stereocenters. The minimum absolute atomic E-state index is 0.104. The standard InChI is InChI=1S/C21H25NO4/c1-24-20-10-9-17(21(23)22-13-19-8-5-11-26-19)12-18(20)15-25-14-16-6-3-2-4-7-16/h2-4,6-7,9-10,12,19H,5,8,11,13-15H2,1H3,(H,22,23). The Morgan fingerprint density at radius 3 is 2.77 bits per heavy atom. The largest absolute Gasteiger partial charge is 0.496 e. The van der Waals surface area contributed by atoms with E-state index in [1.165, 1.54) is 0 Å². The monoisotopic (exact) mass is 355 g/mol. The number of methoxy groups -OCH3 is 1. The number of hydrogen-bond acceptors (Lipinski definition) is 4. The Morgan fingerprint density at radius 2 is 2.04 bits per heavy atom. The third-order valence-electron chi connectivity index (χ3n) is 4.43. The van der Waals surface area contributed by atoms with Gasteiger partial charge in [-0.3, -0.25) is 4.79 Å². The molecule has 1 N–H and O–H groups in total. The van der Waals surface area contributed by atoms with E-state index >= 15 is 0 Å². The van der Waals surface area contributed by atoms with E-state index in [4.69, 9.17) is 14.2 Å². The Kier molecular flexibility index (Phi) is 6.63. The highest BCUT2D eigenvalue weighted by Crippen LogP contribution is 2.21. The molecule has 1 atom stereocenters. The van der Waals surface area contributed by atoms with Gasteiger partial charge >= 0.3 is 0 Å². The lowest BCUT2D eigenvalue weighted by molar-refractivity contribution is 0.0856. The van der Waals surface area contributed by atoms with Crippen LogP contribution in [-0.4, -0.2) is 32.3 Å². The molecule has 1 fully saturated rings. The van der Waals surface area contributed by atoms with Gasteiger partial charge < -0.3 is 19.5 Å². The predicted molar refractivity (Wildman–Crippen MR) is 99.2 cm³/mol. The number of ether oxygens (including phenoxy) is 3. The number of rotatable bonds is 8. The fraction of sp³-hybridized carbons (Fsp3) is 0.381. The van der Waals surface area contributed by atoms with Crippen molar-refractivity contribution in [2.75, 3.05) is 20.3 Å². The van der Waals surface area contributed by atoms with Crippen LogP contribution in [0, 0.1) is 0 Å². The summed E-state index contributed by atoms with van der Waals surface area (Å²) in [5.41, 5.74) is 2.56. The molecule has 1 aliphatic heterocycles. The molecule has 2 aromatic carbocycles. The zero-order valence-corrected chi connectivity index (χ0v) is 15.1. The van der Waals surface area contributed by atoms with Gasteiger partial charge in [0.15, 0.2) is 0 Å². The van der Waals surface area contributed by atoms with Crippen molar-refractivity contribution in [3.05, 3.63) is 65.2 Å². The number of hydrogen-bond donors (Lipinski definition) is 1. The summed E-state index contributed by atoms with van der Waals surface area (Å²) in [6.45, 7) is 2.22. The second kappa shape index (κ2) is 9.36. The summed E-state index contributed by atoms with van der Waals surface area (Å²) < 4.78 is 16.7. The molecule has 5 nitrogen and oxygen atoms in total. The molecule has 0 radical (unpaired) electrons. The van der Waals surface area contributed by atoms with Crippen LogP contribution < -0.4 is 10.1 Å². The van der Waals surface area contributed by atoms with Crippen molar-refractivity contribution in [2.24, 2.45) is 0 Å². The molecule has 1 aliphatic rings. The zero-order valence-electron chi connectivity index (χ0n) is 15.1. The highest BCUT2D eigenvalue weighted by molar-refractivity contribution is 5.94. The average Bonchev–Trinajstić information content (AvgIpc) is 3.20. The maximum absolute atomic E-state index is 12.4. The van der Waals surface area contributed by atoms with Gasteiger partial charge in [-0.2, -0.15) is 0 Å². The van der Waals surface area contributed by atoms with Gasteiger partial charge in [0.1, 0.15) is 5.75 Å². The van der Waals surface area contributed by atoms with Crippen molar-refractivity contribution in [3.63, 3.8) is 0 Å². The van der Waals surface area contributed by atoms with E-state index in [2.05, 4.69) is 5.32 Å². The van der Waals surface area contributed by atoms with Crippen LogP contribution in [0.3, 0.4) is 0 Å². The molecule has 1 saturated heterocycles. The van der Waals surface area contributed by atoms with E-state index in [1.54, 1.807) is 13.2 Å². The molecule has 1 heterocycles. The van der Waals surface area contributed by atoms with Crippen molar-refractivity contribution in [1.82, 2.24) is 5.32 Å². The van der Waals surface area contributed by atoms with Crippen LogP contribution in [0.5, 0.6) is 5.75 Å². The number of nitrogens with one attached hydrogen (secondary N) is 1. The van der Waals surface area contributed by atoms with Crippen LogP contribution in [0.15, 0.2) is 48.5 Å². The molecular weight excluding hydrogens is 330 g/mol. The summed E-state index contributed by atoms with van der Waals surface area (Å²) in [7, 11) is 1.62. The number of benzene rings is 2. The van der Waals surface area contributed by atoms with Crippen molar-refractivity contribution < 1.29 is 19.0 Å². The van der Waals surface area contributed by atoms with Gasteiger partial charge in [0, 0.05) is 24.3 Å². The van der Waals surface area contributed by atoms with Crippen LogP contribution in [0.2, 0.25) is 0 Å². The summed E-state index contributed by atoms with van der Waals surface area (Å²) in [6.07, 6.45) is 2.19. The first-order chi connectivity index (χ1) is 12.8. The summed E-state index contributed by atoms with van der Waals surface area (Å²) in [5.74, 6) is 0.612. The summed E-state index contributed by atoms with van der Waals surface area (Å²) >= 11 is 0. The molecule has 0 spiro atoms. The van der Waals surface area contributed by atoms with E-state index < -0.39 is 0 Å². The Bertz CT molecular complexity index is 711. The summed E-state index contributed by atoms with van der Waals surface area (Å²) in [6, 6.07) is 15.4. The highest BCUT2D eigenvalue weighted by Gasteiger charge is 2.17. The van der Waals surface area contributed by atoms with E-state index in [0.29, 0.717) is 31.1 Å². The average molecular weight is 355 g/mol. The van der Waals surface area contributed by atoms with Crippen LogP contribution in [-0.2, 0) is 22.7 Å². The molecular formula is C21H25NO4. The second-order valence-corrected chi connectivity index (χ2v) is 6.35. The Morgan fingerprint density at radius 1 is 1.19 bits per heavy atom. The fourth-order valence-corrected chi connectivity index (χ4v) is 3.00. The number of carbonyl (C=O) groups excluding carboxylic acids is 1. The molecule has 26 heavy (non-hydrogen) atoms. The minimum Gasteiger partial charge on any atom is -0.496 e. The molecule has 3 rings (SSSR count). The van der Waals surface area contributed by atoms with Crippen molar-refractivity contribution in [1.29, 1.82) is 0 Å². The topological polar surface area (TPSA) is 56.8 Å². The van der Waals surface area contributed by atoms with Crippen molar-refractivity contribution in [2.45, 2.75) is 32.2 Å². The first kappa shape index (κ1) is 18.4. The third kappa shape index (κ3) is 5.07. The minimum atomic E-state index is -0.104. The third-order valence-corrected chi connectivity index (χ3v) is 4.43. The van der Waals surface area contributed by atoms with Crippen LogP contribution >= 0.6 is 0 Å². The molecule has 0 aliphatic carbocycles. The molecule has 0 saturated carbocycles. The molecule has 2 aromatic rings. The normalized spacial score (nSPS) is 16.4. The summed E-state index contributed by atoms with van der Waals surface area (Å²) in [4.78, 5) is 12.4. The maximum Gasteiger partial charge on any atom is 0.251 e. The van der Waals surface area contributed by atoms with Gasteiger partial charge in [0.25, 0.3) is 5.91 Å². The lowest BCUT2D eigenvalue weighted by Crippen LogP contribution is -2.31. The fourth-order valence-electron chi connectivity index (χ4n) is 3.00. The van der Waals surface area contributed by atoms with Crippen LogP contribution in [0.1, 0.15) is 34.3 Å². The lowest BCUT2D eigenvalue weighted by Gasteiger charge is -2.13. The van der Waals surface area contributed by atoms with Crippen LogP contribution in [0.25, 0.3) is 0 Å². The van der Waals surface area contributed by atoms with Crippen molar-refractivity contribution in [3.8, 4) is 5.75 Å². The molecule has 0 aromatic heterocycles. The van der Waals surface area contributed by atoms with Gasteiger partial charge in [0.2, 0.25) is 0 Å². The first-order valence-electron chi connectivity index (χ1n) is 8.94. The van der Waals surface area contributed by atoms with E-state index in [0.717, 1.165) is 30.6 Å². The Labute approximate surface area is 154 Å². The van der Waals surface area contributed by atoms with Gasteiger partial charge in [-0.1, -0.05) is 30.3 Å². The van der Waals surface area contributed by atoms with E-state index in [-0.39, 0.29) is 12.0 Å². The molecule has 5 heteroatoms. The van der Waals surface area contributed by atoms with Gasteiger partial charge in [-0.05, 0) is 36.6 Å². The zero-order chi connectivity index (χ0) is 18.2. The SMILES string of the molecule is COc1ccc(C(=O)NCC2CCCO2)cc1COCc1ccccc1. The molecule has 0 bridgehead atoms. The van der Waals surface area contributed by atoms with Crippen molar-refractivity contribution >= 4 is 5.91 Å². The lowest BCUT2D eigenvalue weighted by atomic mass is 10.1. The van der Waals surface area contributed by atoms with Gasteiger partial charge in [-0.15, -0.1) is 0 Å². The smallest absolute Gasteiger partial charge is 0.251 e. The number of carbonyl (C=O) groups is 1. The predicted octanol–water partition coefficient (Wildman–Crippen LogP) is 3.32. The maximum atomic E-state index is 12.4. The second-order valence-electron chi connectivity index (χ2n) is 6.35. The Hall–Kier alpha value is -2.37. The molecule has 1 amide bonds. The van der Waals surface area contributed by atoms with Crippen LogP contribution in [0.4, 0.5) is 0 Å². The molecule has 138 valence electrons. The quantitative estimate of drug-likeness (QED) is 0.789. The van der Waals surface area contributed by atoms with E-state index in [9.17, 15) is 4.79 Å². The Balaban J connectivity index is 1.58.